The van der Waals surface area contributed by atoms with Crippen LogP contribution in [0.2, 0.25) is 0 Å². The van der Waals surface area contributed by atoms with Crippen molar-refractivity contribution in [3.05, 3.63) is 28.2 Å². The Morgan fingerprint density at radius 3 is 2.41 bits per heavy atom. The van der Waals surface area contributed by atoms with E-state index in [0.29, 0.717) is 0 Å². The number of benzene rings is 1. The molecule has 2 nitrogen and oxygen atoms in total. The minimum absolute atomic E-state index is 0.0462. The predicted molar refractivity (Wildman–Crippen MR) is 79.5 cm³/mol. The first-order chi connectivity index (χ1) is 7.70. The van der Waals surface area contributed by atoms with Crippen molar-refractivity contribution in [3.8, 4) is 0 Å². The zero-order valence-corrected chi connectivity index (χ0v) is 13.0. The van der Waals surface area contributed by atoms with Crippen LogP contribution in [0.4, 0.5) is 5.69 Å². The molecule has 0 aromatic heterocycles. The molecule has 0 amide bonds. The van der Waals surface area contributed by atoms with Gasteiger partial charge in [0.2, 0.25) is 0 Å². The van der Waals surface area contributed by atoms with Crippen LogP contribution in [0.1, 0.15) is 39.3 Å². The van der Waals surface area contributed by atoms with Crippen LogP contribution in [0.25, 0.3) is 0 Å². The molecular formula is C14H23BrN2. The van der Waals surface area contributed by atoms with Crippen molar-refractivity contribution in [1.82, 2.24) is 0 Å². The Hall–Kier alpha value is -0.540. The molecule has 0 saturated carbocycles. The first-order valence-corrected chi connectivity index (χ1v) is 6.76. The van der Waals surface area contributed by atoms with E-state index in [1.165, 1.54) is 11.3 Å². The van der Waals surface area contributed by atoms with Crippen LogP contribution in [0.3, 0.4) is 0 Å². The van der Waals surface area contributed by atoms with Gasteiger partial charge < -0.3 is 10.6 Å². The van der Waals surface area contributed by atoms with Gasteiger partial charge in [-0.25, -0.2) is 0 Å². The van der Waals surface area contributed by atoms with Crippen LogP contribution >= 0.6 is 15.9 Å². The molecule has 1 aromatic rings. The molecule has 0 bridgehead atoms. The first kappa shape index (κ1) is 14.5. The minimum Gasteiger partial charge on any atom is -0.374 e. The van der Waals surface area contributed by atoms with Gasteiger partial charge in [-0.2, -0.15) is 0 Å². The number of nitrogens with zero attached hydrogens (tertiary/aromatic N) is 1. The summed E-state index contributed by atoms with van der Waals surface area (Å²) in [5.74, 6) is 0. The standard InChI is InChI=1S/C14H23BrN2/c1-10(16)12-8-11(15)6-7-13(12)17(5)9-14(2,3)4/h6-8,10H,9,16H2,1-5H3. The van der Waals surface area contributed by atoms with Gasteiger partial charge in [-0.3, -0.25) is 0 Å². The Bertz CT molecular complexity index is 380. The SMILES string of the molecule is CC(N)c1cc(Br)ccc1N(C)CC(C)(C)C. The highest BCUT2D eigenvalue weighted by molar-refractivity contribution is 9.10. The minimum atomic E-state index is 0.0462. The first-order valence-electron chi connectivity index (χ1n) is 5.97. The van der Waals surface area contributed by atoms with Gasteiger partial charge >= 0.3 is 0 Å². The van der Waals surface area contributed by atoms with Crippen molar-refractivity contribution in [2.75, 3.05) is 18.5 Å². The van der Waals surface area contributed by atoms with E-state index in [1.54, 1.807) is 0 Å². The van der Waals surface area contributed by atoms with Crippen LogP contribution in [-0.4, -0.2) is 13.6 Å². The second-order valence-electron chi connectivity index (χ2n) is 5.91. The highest BCUT2D eigenvalue weighted by atomic mass is 79.9. The van der Waals surface area contributed by atoms with E-state index in [0.717, 1.165) is 11.0 Å². The van der Waals surface area contributed by atoms with E-state index in [-0.39, 0.29) is 11.5 Å². The third-order valence-corrected chi connectivity index (χ3v) is 3.10. The normalized spacial score (nSPS) is 13.6. The summed E-state index contributed by atoms with van der Waals surface area (Å²) in [6.07, 6.45) is 0. The Morgan fingerprint density at radius 1 is 1.35 bits per heavy atom. The van der Waals surface area contributed by atoms with E-state index >= 15 is 0 Å². The molecule has 0 aliphatic rings. The van der Waals surface area contributed by atoms with Gasteiger partial charge in [0.25, 0.3) is 0 Å². The molecule has 1 aromatic carbocycles. The Balaban J connectivity index is 3.04. The lowest BCUT2D eigenvalue weighted by Crippen LogP contribution is -2.30. The monoisotopic (exact) mass is 298 g/mol. The summed E-state index contributed by atoms with van der Waals surface area (Å²) in [5, 5.41) is 0. The van der Waals surface area contributed by atoms with Crippen molar-refractivity contribution in [2.24, 2.45) is 11.1 Å². The molecule has 1 unspecified atom stereocenters. The molecule has 3 heteroatoms. The molecule has 1 rings (SSSR count). The third-order valence-electron chi connectivity index (χ3n) is 2.60. The van der Waals surface area contributed by atoms with Gasteiger partial charge in [0.15, 0.2) is 0 Å². The maximum absolute atomic E-state index is 6.04. The van der Waals surface area contributed by atoms with Gasteiger partial charge in [0, 0.05) is 29.8 Å². The second kappa shape index (κ2) is 5.40. The third kappa shape index (κ3) is 4.32. The van der Waals surface area contributed by atoms with E-state index in [2.05, 4.69) is 66.8 Å². The average Bonchev–Trinajstić information content (AvgIpc) is 2.14. The fraction of sp³-hybridized carbons (Fsp3) is 0.571. The van der Waals surface area contributed by atoms with Crippen LogP contribution in [0.5, 0.6) is 0 Å². The number of hydrogen-bond acceptors (Lipinski definition) is 2. The van der Waals surface area contributed by atoms with Gasteiger partial charge in [0.05, 0.1) is 0 Å². The summed E-state index contributed by atoms with van der Waals surface area (Å²) in [6.45, 7) is 9.76. The van der Waals surface area contributed by atoms with Crippen LogP contribution < -0.4 is 10.6 Å². The van der Waals surface area contributed by atoms with Gasteiger partial charge in [-0.1, -0.05) is 36.7 Å². The van der Waals surface area contributed by atoms with Crippen molar-refractivity contribution >= 4 is 21.6 Å². The molecule has 2 N–H and O–H groups in total. The Labute approximate surface area is 113 Å². The topological polar surface area (TPSA) is 29.3 Å². The van der Waals surface area contributed by atoms with Gasteiger partial charge in [0.1, 0.15) is 0 Å². The highest BCUT2D eigenvalue weighted by Gasteiger charge is 2.17. The maximum atomic E-state index is 6.04. The van der Waals surface area contributed by atoms with E-state index in [4.69, 9.17) is 5.73 Å². The van der Waals surface area contributed by atoms with Crippen molar-refractivity contribution in [3.63, 3.8) is 0 Å². The van der Waals surface area contributed by atoms with Crippen molar-refractivity contribution < 1.29 is 0 Å². The predicted octanol–water partition coefficient (Wildman–Crippen LogP) is 3.95. The summed E-state index contributed by atoms with van der Waals surface area (Å²) in [7, 11) is 2.13. The molecule has 0 fully saturated rings. The van der Waals surface area contributed by atoms with E-state index in [1.807, 2.05) is 6.92 Å². The molecule has 0 heterocycles. The van der Waals surface area contributed by atoms with Crippen molar-refractivity contribution in [1.29, 1.82) is 0 Å². The molecule has 1 atom stereocenters. The summed E-state index contributed by atoms with van der Waals surface area (Å²) >= 11 is 3.50. The van der Waals surface area contributed by atoms with Gasteiger partial charge in [-0.15, -0.1) is 0 Å². The molecule has 17 heavy (non-hydrogen) atoms. The van der Waals surface area contributed by atoms with Crippen LogP contribution in [-0.2, 0) is 0 Å². The van der Waals surface area contributed by atoms with Gasteiger partial charge in [-0.05, 0) is 36.1 Å². The molecule has 0 radical (unpaired) electrons. The number of nitrogens with two attached hydrogens (primary N) is 1. The highest BCUT2D eigenvalue weighted by Crippen LogP contribution is 2.29. The summed E-state index contributed by atoms with van der Waals surface area (Å²) in [4.78, 5) is 2.28. The quantitative estimate of drug-likeness (QED) is 0.915. The molecule has 96 valence electrons. The maximum Gasteiger partial charge on any atom is 0.0412 e. The van der Waals surface area contributed by atoms with Crippen LogP contribution in [0.15, 0.2) is 22.7 Å². The molecule has 0 aliphatic carbocycles. The molecule has 0 aliphatic heterocycles. The van der Waals surface area contributed by atoms with E-state index < -0.39 is 0 Å². The number of halogens is 1. The number of anilines is 1. The lowest BCUT2D eigenvalue weighted by molar-refractivity contribution is 0.418. The molecular weight excluding hydrogens is 276 g/mol. The smallest absolute Gasteiger partial charge is 0.0412 e. The Kier molecular flexibility index (Phi) is 4.62. The lowest BCUT2D eigenvalue weighted by Gasteiger charge is -2.30. The summed E-state index contributed by atoms with van der Waals surface area (Å²) in [6, 6.07) is 6.36. The zero-order valence-electron chi connectivity index (χ0n) is 11.4. The van der Waals surface area contributed by atoms with E-state index in [9.17, 15) is 0 Å². The summed E-state index contributed by atoms with van der Waals surface area (Å²) in [5.41, 5.74) is 8.72. The summed E-state index contributed by atoms with van der Waals surface area (Å²) < 4.78 is 1.08. The largest absolute Gasteiger partial charge is 0.374 e. The number of hydrogen-bond donors (Lipinski definition) is 1. The number of rotatable bonds is 3. The fourth-order valence-corrected chi connectivity index (χ4v) is 2.41. The Morgan fingerprint density at radius 2 is 1.94 bits per heavy atom. The van der Waals surface area contributed by atoms with Crippen LogP contribution in [0, 0.1) is 5.41 Å². The second-order valence-corrected chi connectivity index (χ2v) is 6.82. The fourth-order valence-electron chi connectivity index (χ4n) is 2.03. The lowest BCUT2D eigenvalue weighted by atomic mass is 9.95. The average molecular weight is 299 g/mol. The molecule has 0 saturated heterocycles. The van der Waals surface area contributed by atoms with Crippen molar-refractivity contribution in [2.45, 2.75) is 33.7 Å². The molecule has 0 spiro atoms. The zero-order chi connectivity index (χ0) is 13.2.